The van der Waals surface area contributed by atoms with Crippen LogP contribution in [0.1, 0.15) is 56.8 Å². The van der Waals surface area contributed by atoms with Gasteiger partial charge in [-0.15, -0.1) is 0 Å². The summed E-state index contributed by atoms with van der Waals surface area (Å²) in [6.45, 7) is 6.44. The van der Waals surface area contributed by atoms with Crippen molar-refractivity contribution < 1.29 is 23.2 Å². The van der Waals surface area contributed by atoms with E-state index in [4.69, 9.17) is 15.0 Å². The molecule has 2 N–H and O–H groups in total. The Morgan fingerprint density at radius 2 is 2.09 bits per heavy atom. The van der Waals surface area contributed by atoms with E-state index in [1.54, 1.807) is 12.1 Å². The van der Waals surface area contributed by atoms with Gasteiger partial charge in [0.15, 0.2) is 5.82 Å². The molecule has 1 fully saturated rings. The quantitative estimate of drug-likeness (QED) is 0.435. The van der Waals surface area contributed by atoms with E-state index in [9.17, 15) is 9.18 Å². The number of ether oxygens (including phenoxy) is 2. The van der Waals surface area contributed by atoms with Crippen molar-refractivity contribution in [3.8, 4) is 5.75 Å². The van der Waals surface area contributed by atoms with Crippen LogP contribution in [0.5, 0.6) is 5.75 Å². The molecular formula is C23H33FN4O4. The number of piperidine rings is 1. The van der Waals surface area contributed by atoms with Crippen LogP contribution in [-0.4, -0.2) is 49.0 Å². The molecule has 2 aromatic rings. The zero-order valence-electron chi connectivity index (χ0n) is 19.1. The van der Waals surface area contributed by atoms with Gasteiger partial charge in [-0.05, 0) is 43.2 Å². The van der Waals surface area contributed by atoms with Crippen molar-refractivity contribution in [2.45, 2.75) is 57.9 Å². The number of methoxy groups -OCH3 is 1. The summed E-state index contributed by atoms with van der Waals surface area (Å²) in [7, 11) is 1.26. The zero-order valence-corrected chi connectivity index (χ0v) is 19.1. The molecule has 176 valence electrons. The molecule has 1 aromatic heterocycles. The van der Waals surface area contributed by atoms with Gasteiger partial charge < -0.3 is 24.6 Å². The third-order valence-electron chi connectivity index (χ3n) is 5.83. The number of benzene rings is 1. The van der Waals surface area contributed by atoms with E-state index in [1.165, 1.54) is 13.2 Å². The van der Waals surface area contributed by atoms with Crippen LogP contribution in [0.2, 0.25) is 0 Å². The summed E-state index contributed by atoms with van der Waals surface area (Å²) in [5.41, 5.74) is 6.07. The minimum atomic E-state index is -0.884. The van der Waals surface area contributed by atoms with Crippen LogP contribution in [0, 0.1) is 11.7 Å². The van der Waals surface area contributed by atoms with Gasteiger partial charge in [0.2, 0.25) is 0 Å². The minimum absolute atomic E-state index is 0.0832. The number of carbonyl (C=O) groups is 1. The molecule has 8 nitrogen and oxygen atoms in total. The molecule has 32 heavy (non-hydrogen) atoms. The van der Waals surface area contributed by atoms with Gasteiger partial charge >= 0.3 is 12.0 Å². The van der Waals surface area contributed by atoms with E-state index in [0.29, 0.717) is 29.9 Å². The van der Waals surface area contributed by atoms with Crippen LogP contribution in [0.25, 0.3) is 0 Å². The highest BCUT2D eigenvalue weighted by Crippen LogP contribution is 2.26. The maximum Gasteiger partial charge on any atom is 0.324 e. The maximum atomic E-state index is 14.3. The molecule has 1 atom stereocenters. The smallest absolute Gasteiger partial charge is 0.324 e. The first-order chi connectivity index (χ1) is 15.4. The average molecular weight is 449 g/mol. The highest BCUT2D eigenvalue weighted by Gasteiger charge is 2.23. The monoisotopic (exact) mass is 448 g/mol. The standard InChI is InChI=1S/C23H33FN4O4/c1-15(2)21-26-23(32-27-21)28-10-8-16(9-11-28)5-4-12-31-18-7-6-17(19(24)14-18)13-20(25)22(29)30-3/h6-7,14-16,20H,4-5,8-13,25H2,1-3H3. The number of nitrogens with zero attached hydrogens (tertiary/aromatic N) is 3. The van der Waals surface area contributed by atoms with Gasteiger partial charge in [0.25, 0.3) is 0 Å². The molecule has 1 saturated heterocycles. The van der Waals surface area contributed by atoms with E-state index in [-0.39, 0.29) is 12.3 Å². The summed E-state index contributed by atoms with van der Waals surface area (Å²) < 4.78 is 30.0. The number of nitrogens with two attached hydrogens (primary N) is 1. The van der Waals surface area contributed by atoms with E-state index >= 15 is 0 Å². The maximum absolute atomic E-state index is 14.3. The fourth-order valence-electron chi connectivity index (χ4n) is 3.82. The van der Waals surface area contributed by atoms with E-state index in [1.807, 2.05) is 13.8 Å². The molecule has 0 radical (unpaired) electrons. The largest absolute Gasteiger partial charge is 0.493 e. The first kappa shape index (κ1) is 24.0. The second kappa shape index (κ2) is 11.3. The first-order valence-corrected chi connectivity index (χ1v) is 11.2. The predicted molar refractivity (Wildman–Crippen MR) is 118 cm³/mol. The average Bonchev–Trinajstić information content (AvgIpc) is 3.29. The Kier molecular flexibility index (Phi) is 8.44. The Morgan fingerprint density at radius 3 is 2.72 bits per heavy atom. The van der Waals surface area contributed by atoms with Gasteiger partial charge in [0, 0.05) is 31.5 Å². The predicted octanol–water partition coefficient (Wildman–Crippen LogP) is 3.45. The summed E-state index contributed by atoms with van der Waals surface area (Å²) >= 11 is 0. The summed E-state index contributed by atoms with van der Waals surface area (Å²) in [5, 5.41) is 4.04. The third kappa shape index (κ3) is 6.41. The summed E-state index contributed by atoms with van der Waals surface area (Å²) in [6, 6.07) is 4.38. The zero-order chi connectivity index (χ0) is 23.1. The molecule has 1 aliphatic rings. The fraction of sp³-hybridized carbons (Fsp3) is 0.609. The Hall–Kier alpha value is -2.68. The molecule has 9 heteroatoms. The fourth-order valence-corrected chi connectivity index (χ4v) is 3.82. The molecule has 0 spiro atoms. The van der Waals surface area contributed by atoms with Crippen LogP contribution < -0.4 is 15.4 Å². The first-order valence-electron chi connectivity index (χ1n) is 11.2. The van der Waals surface area contributed by atoms with Crippen LogP contribution in [0.3, 0.4) is 0 Å². The highest BCUT2D eigenvalue weighted by molar-refractivity contribution is 5.75. The molecule has 3 rings (SSSR count). The number of hydrogen-bond donors (Lipinski definition) is 1. The lowest BCUT2D eigenvalue weighted by Gasteiger charge is -2.30. The summed E-state index contributed by atoms with van der Waals surface area (Å²) in [4.78, 5) is 18.0. The Bertz CT molecular complexity index is 881. The van der Waals surface area contributed by atoms with Gasteiger partial charge in [-0.2, -0.15) is 4.98 Å². The number of halogens is 1. The second-order valence-electron chi connectivity index (χ2n) is 8.60. The van der Waals surface area contributed by atoms with Crippen LogP contribution in [0.4, 0.5) is 10.4 Å². The van der Waals surface area contributed by atoms with Gasteiger partial charge in [0.05, 0.1) is 13.7 Å². The second-order valence-corrected chi connectivity index (χ2v) is 8.60. The molecule has 2 heterocycles. The van der Waals surface area contributed by atoms with Crippen LogP contribution >= 0.6 is 0 Å². The van der Waals surface area contributed by atoms with Crippen molar-refractivity contribution in [3.63, 3.8) is 0 Å². The van der Waals surface area contributed by atoms with Crippen molar-refractivity contribution >= 4 is 12.0 Å². The van der Waals surface area contributed by atoms with Gasteiger partial charge in [-0.1, -0.05) is 25.1 Å². The number of rotatable bonds is 10. The van der Waals surface area contributed by atoms with E-state index in [2.05, 4.69) is 19.8 Å². The lowest BCUT2D eigenvalue weighted by atomic mass is 9.92. The minimum Gasteiger partial charge on any atom is -0.493 e. The van der Waals surface area contributed by atoms with Gasteiger partial charge in [-0.3, -0.25) is 4.79 Å². The van der Waals surface area contributed by atoms with Crippen molar-refractivity contribution in [2.24, 2.45) is 11.7 Å². The molecule has 0 amide bonds. The Labute approximate surface area is 188 Å². The van der Waals surface area contributed by atoms with E-state index < -0.39 is 17.8 Å². The molecule has 1 aliphatic heterocycles. The molecule has 0 saturated carbocycles. The third-order valence-corrected chi connectivity index (χ3v) is 5.83. The number of hydrogen-bond acceptors (Lipinski definition) is 8. The summed E-state index contributed by atoms with van der Waals surface area (Å²) in [5.74, 6) is 1.11. The van der Waals surface area contributed by atoms with Crippen LogP contribution in [-0.2, 0) is 16.0 Å². The number of esters is 1. The Balaban J connectivity index is 1.36. The van der Waals surface area contributed by atoms with E-state index in [0.717, 1.165) is 44.6 Å². The van der Waals surface area contributed by atoms with Crippen molar-refractivity contribution in [1.82, 2.24) is 10.1 Å². The SMILES string of the molecule is COC(=O)C(N)Cc1ccc(OCCCC2CCN(c3nc(C(C)C)no3)CC2)cc1F. The molecule has 1 unspecified atom stereocenters. The van der Waals surface area contributed by atoms with Crippen molar-refractivity contribution in [1.29, 1.82) is 0 Å². The molecule has 0 aliphatic carbocycles. The topological polar surface area (TPSA) is 104 Å². The number of carbonyl (C=O) groups excluding carboxylic acids is 1. The van der Waals surface area contributed by atoms with Crippen molar-refractivity contribution in [2.75, 3.05) is 31.7 Å². The molecule has 0 bridgehead atoms. The number of anilines is 1. The van der Waals surface area contributed by atoms with Crippen molar-refractivity contribution in [3.05, 3.63) is 35.4 Å². The normalized spacial score (nSPS) is 15.8. The molecular weight excluding hydrogens is 415 g/mol. The molecule has 1 aromatic carbocycles. The van der Waals surface area contributed by atoms with Gasteiger partial charge in [-0.25, -0.2) is 4.39 Å². The lowest BCUT2D eigenvalue weighted by molar-refractivity contribution is -0.142. The van der Waals surface area contributed by atoms with Crippen LogP contribution in [0.15, 0.2) is 22.7 Å². The summed E-state index contributed by atoms with van der Waals surface area (Å²) in [6.07, 6.45) is 4.19. The number of aromatic nitrogens is 2. The van der Waals surface area contributed by atoms with Gasteiger partial charge in [0.1, 0.15) is 17.6 Å². The lowest BCUT2D eigenvalue weighted by Crippen LogP contribution is -2.34. The Morgan fingerprint density at radius 1 is 1.34 bits per heavy atom. The highest BCUT2D eigenvalue weighted by atomic mass is 19.1.